The molecule has 0 radical (unpaired) electrons. The Morgan fingerprint density at radius 3 is 2.35 bits per heavy atom. The second-order valence-electron chi connectivity index (χ2n) is 4.51. The average Bonchev–Trinajstić information content (AvgIpc) is 2.30. The summed E-state index contributed by atoms with van der Waals surface area (Å²) < 4.78 is 0. The molecule has 1 rings (SSSR count). The zero-order chi connectivity index (χ0) is 13.3. The molecule has 0 aromatic rings. The van der Waals surface area contributed by atoms with Gasteiger partial charge in [0.2, 0.25) is 6.41 Å². The molecule has 1 saturated heterocycles. The second kappa shape index (κ2) is 9.13. The van der Waals surface area contributed by atoms with E-state index in [4.69, 9.17) is 10.5 Å². The SMILES string of the molecule is CCCC(N)C(=O)C1CCN(C)CC1.NC=O. The normalized spacial score (nSPS) is 19.0. The van der Waals surface area contributed by atoms with Crippen LogP contribution in [-0.4, -0.2) is 43.3 Å². The molecular formula is C12H25N3O2. The fourth-order valence-corrected chi connectivity index (χ4v) is 2.05. The molecule has 4 N–H and O–H groups in total. The van der Waals surface area contributed by atoms with E-state index >= 15 is 0 Å². The van der Waals surface area contributed by atoms with E-state index in [2.05, 4.69) is 24.6 Å². The van der Waals surface area contributed by atoms with Crippen LogP contribution in [0.1, 0.15) is 32.6 Å². The molecule has 1 unspecified atom stereocenters. The molecule has 1 heterocycles. The van der Waals surface area contributed by atoms with Crippen LogP contribution in [0, 0.1) is 5.92 Å². The molecule has 1 aliphatic rings. The number of Topliss-reactive ketones (excluding diaryl/α,β-unsaturated/α-hetero) is 1. The fraction of sp³-hybridized carbons (Fsp3) is 0.833. The van der Waals surface area contributed by atoms with Gasteiger partial charge in [0.05, 0.1) is 6.04 Å². The lowest BCUT2D eigenvalue weighted by atomic mass is 9.88. The third-order valence-corrected chi connectivity index (χ3v) is 3.09. The van der Waals surface area contributed by atoms with Gasteiger partial charge in [0.1, 0.15) is 0 Å². The monoisotopic (exact) mass is 243 g/mol. The van der Waals surface area contributed by atoms with Crippen molar-refractivity contribution in [1.82, 2.24) is 4.90 Å². The van der Waals surface area contributed by atoms with E-state index in [9.17, 15) is 4.79 Å². The highest BCUT2D eigenvalue weighted by atomic mass is 16.1. The number of amides is 1. The van der Waals surface area contributed by atoms with Gasteiger partial charge in [0.25, 0.3) is 0 Å². The molecule has 1 atom stereocenters. The van der Waals surface area contributed by atoms with Crippen molar-refractivity contribution >= 4 is 12.2 Å². The number of likely N-dealkylation sites (tertiary alicyclic amines) is 1. The van der Waals surface area contributed by atoms with E-state index in [1.807, 2.05) is 0 Å². The number of hydrogen-bond acceptors (Lipinski definition) is 4. The fourth-order valence-electron chi connectivity index (χ4n) is 2.05. The van der Waals surface area contributed by atoms with E-state index in [0.29, 0.717) is 5.78 Å². The number of carbonyl (C=O) groups excluding carboxylic acids is 2. The smallest absolute Gasteiger partial charge is 0.204 e. The third-order valence-electron chi connectivity index (χ3n) is 3.09. The minimum Gasteiger partial charge on any atom is -0.372 e. The lowest BCUT2D eigenvalue weighted by Crippen LogP contribution is -2.41. The minimum atomic E-state index is -0.214. The van der Waals surface area contributed by atoms with Gasteiger partial charge in [-0.15, -0.1) is 0 Å². The Morgan fingerprint density at radius 1 is 1.47 bits per heavy atom. The Hall–Kier alpha value is -0.940. The van der Waals surface area contributed by atoms with Crippen molar-refractivity contribution in [3.8, 4) is 0 Å². The highest BCUT2D eigenvalue weighted by Crippen LogP contribution is 2.18. The summed E-state index contributed by atoms with van der Waals surface area (Å²) in [6.45, 7) is 4.15. The average molecular weight is 243 g/mol. The summed E-state index contributed by atoms with van der Waals surface area (Å²) in [6, 6.07) is -0.214. The van der Waals surface area contributed by atoms with Gasteiger partial charge < -0.3 is 16.4 Å². The molecule has 1 amide bonds. The van der Waals surface area contributed by atoms with Crippen LogP contribution in [-0.2, 0) is 9.59 Å². The molecule has 0 spiro atoms. The standard InChI is InChI=1S/C11H22N2O.CH3NO/c1-3-4-10(12)11(14)9-5-7-13(2)8-6-9;2-1-3/h9-10H,3-8,12H2,1-2H3;1H,(H2,2,3). The van der Waals surface area contributed by atoms with Gasteiger partial charge in [-0.1, -0.05) is 13.3 Å². The first-order valence-electron chi connectivity index (χ1n) is 6.20. The van der Waals surface area contributed by atoms with Gasteiger partial charge in [0, 0.05) is 5.92 Å². The van der Waals surface area contributed by atoms with Crippen molar-refractivity contribution in [3.05, 3.63) is 0 Å². The summed E-state index contributed by atoms with van der Waals surface area (Å²) in [5.41, 5.74) is 10.00. The maximum absolute atomic E-state index is 11.9. The van der Waals surface area contributed by atoms with Crippen molar-refractivity contribution in [1.29, 1.82) is 0 Å². The van der Waals surface area contributed by atoms with Crippen molar-refractivity contribution in [2.24, 2.45) is 17.4 Å². The Balaban J connectivity index is 0.000000770. The van der Waals surface area contributed by atoms with Gasteiger partial charge in [-0.2, -0.15) is 0 Å². The number of ketones is 1. The second-order valence-corrected chi connectivity index (χ2v) is 4.51. The van der Waals surface area contributed by atoms with Gasteiger partial charge in [0.15, 0.2) is 5.78 Å². The maximum Gasteiger partial charge on any atom is 0.204 e. The third kappa shape index (κ3) is 6.38. The highest BCUT2D eigenvalue weighted by Gasteiger charge is 2.26. The van der Waals surface area contributed by atoms with Crippen LogP contribution in [0.2, 0.25) is 0 Å². The highest BCUT2D eigenvalue weighted by molar-refractivity contribution is 5.86. The number of piperidine rings is 1. The number of primary amides is 1. The number of carbonyl (C=O) groups is 2. The molecule has 1 aliphatic heterocycles. The molecule has 17 heavy (non-hydrogen) atoms. The lowest BCUT2D eigenvalue weighted by Gasteiger charge is -2.29. The largest absolute Gasteiger partial charge is 0.372 e. The van der Waals surface area contributed by atoms with E-state index < -0.39 is 0 Å². The molecule has 0 aromatic heterocycles. The van der Waals surface area contributed by atoms with E-state index in [1.54, 1.807) is 0 Å². The first-order valence-corrected chi connectivity index (χ1v) is 6.20. The van der Waals surface area contributed by atoms with E-state index in [1.165, 1.54) is 0 Å². The molecule has 0 aromatic carbocycles. The number of nitrogens with two attached hydrogens (primary N) is 2. The first kappa shape index (κ1) is 16.1. The zero-order valence-electron chi connectivity index (χ0n) is 10.9. The van der Waals surface area contributed by atoms with Crippen LogP contribution in [0.3, 0.4) is 0 Å². The summed E-state index contributed by atoms with van der Waals surface area (Å²) in [7, 11) is 2.10. The molecule has 0 bridgehead atoms. The molecule has 5 nitrogen and oxygen atoms in total. The molecule has 1 fully saturated rings. The number of hydrogen-bond donors (Lipinski definition) is 2. The van der Waals surface area contributed by atoms with Gasteiger partial charge in [-0.25, -0.2) is 0 Å². The molecule has 0 aliphatic carbocycles. The van der Waals surface area contributed by atoms with Gasteiger partial charge in [-0.3, -0.25) is 9.59 Å². The summed E-state index contributed by atoms with van der Waals surface area (Å²) in [5, 5.41) is 0. The summed E-state index contributed by atoms with van der Waals surface area (Å²) in [5.74, 6) is 0.521. The Morgan fingerprint density at radius 2 is 1.94 bits per heavy atom. The van der Waals surface area contributed by atoms with Crippen LogP contribution < -0.4 is 11.5 Å². The lowest BCUT2D eigenvalue weighted by molar-refractivity contribution is -0.125. The van der Waals surface area contributed by atoms with Crippen LogP contribution >= 0.6 is 0 Å². The molecular weight excluding hydrogens is 218 g/mol. The Kier molecular flexibility index (Phi) is 8.62. The van der Waals surface area contributed by atoms with Crippen molar-refractivity contribution in [3.63, 3.8) is 0 Å². The molecule has 5 heteroatoms. The predicted octanol–water partition coefficient (Wildman–Crippen LogP) is 0.126. The molecule has 100 valence electrons. The summed E-state index contributed by atoms with van der Waals surface area (Å²) >= 11 is 0. The van der Waals surface area contributed by atoms with E-state index in [0.717, 1.165) is 38.8 Å². The van der Waals surface area contributed by atoms with Crippen LogP contribution in [0.4, 0.5) is 0 Å². The Labute approximate surface area is 104 Å². The van der Waals surface area contributed by atoms with Crippen molar-refractivity contribution in [2.75, 3.05) is 20.1 Å². The van der Waals surface area contributed by atoms with E-state index in [-0.39, 0.29) is 18.4 Å². The van der Waals surface area contributed by atoms with Crippen LogP contribution in [0.25, 0.3) is 0 Å². The number of rotatable bonds is 4. The minimum absolute atomic E-state index is 0.214. The van der Waals surface area contributed by atoms with Crippen molar-refractivity contribution < 1.29 is 9.59 Å². The Bertz CT molecular complexity index is 226. The maximum atomic E-state index is 11.9. The van der Waals surface area contributed by atoms with Crippen LogP contribution in [0.15, 0.2) is 0 Å². The van der Waals surface area contributed by atoms with Gasteiger partial charge in [-0.05, 0) is 39.4 Å². The first-order chi connectivity index (χ1) is 8.06. The predicted molar refractivity (Wildman–Crippen MR) is 68.4 cm³/mol. The van der Waals surface area contributed by atoms with Gasteiger partial charge >= 0.3 is 0 Å². The molecule has 0 saturated carbocycles. The summed E-state index contributed by atoms with van der Waals surface area (Å²) in [6.07, 6.45) is 4.07. The zero-order valence-corrected chi connectivity index (χ0v) is 10.9. The topological polar surface area (TPSA) is 89.4 Å². The van der Waals surface area contributed by atoms with Crippen molar-refractivity contribution in [2.45, 2.75) is 38.6 Å². The number of nitrogens with zero attached hydrogens (tertiary/aromatic N) is 1. The quantitative estimate of drug-likeness (QED) is 0.687. The van der Waals surface area contributed by atoms with Crippen LogP contribution in [0.5, 0.6) is 0 Å². The summed E-state index contributed by atoms with van der Waals surface area (Å²) in [4.78, 5) is 22.7.